The molecule has 0 bridgehead atoms. The molecule has 1 aromatic heterocycles. The average molecular weight is 295 g/mol. The Bertz CT molecular complexity index is 568. The smallest absolute Gasteiger partial charge is 0.249 e. The van der Waals surface area contributed by atoms with Crippen LogP contribution in [-0.2, 0) is 6.54 Å². The van der Waals surface area contributed by atoms with Crippen LogP contribution in [0.4, 0.5) is 11.6 Å². The van der Waals surface area contributed by atoms with E-state index in [9.17, 15) is 5.11 Å². The predicted octanol–water partition coefficient (Wildman–Crippen LogP) is 2.91. The summed E-state index contributed by atoms with van der Waals surface area (Å²) < 4.78 is 6.76. The number of azo groups is 1. The number of hydrogen-bond donors (Lipinski definition) is 1. The Hall–Kier alpha value is -1.92. The minimum atomic E-state index is -0.638. The molecule has 106 valence electrons. The van der Waals surface area contributed by atoms with Crippen molar-refractivity contribution in [1.29, 1.82) is 0 Å². The van der Waals surface area contributed by atoms with E-state index in [0.29, 0.717) is 18.2 Å². The van der Waals surface area contributed by atoms with Gasteiger partial charge >= 0.3 is 0 Å². The lowest BCUT2D eigenvalue weighted by atomic mass is 10.3. The van der Waals surface area contributed by atoms with Crippen molar-refractivity contribution in [2.24, 2.45) is 10.2 Å². The summed E-state index contributed by atoms with van der Waals surface area (Å²) in [6, 6.07) is 7.20. The number of aromatic nitrogens is 2. The highest BCUT2D eigenvalue weighted by molar-refractivity contribution is 6.18. The van der Waals surface area contributed by atoms with Gasteiger partial charge in [-0.15, -0.1) is 21.8 Å². The highest BCUT2D eigenvalue weighted by Gasteiger charge is 2.07. The van der Waals surface area contributed by atoms with Crippen LogP contribution in [0.2, 0.25) is 0 Å². The van der Waals surface area contributed by atoms with Gasteiger partial charge in [-0.05, 0) is 24.3 Å². The zero-order valence-electron chi connectivity index (χ0n) is 11.0. The number of methoxy groups -OCH3 is 1. The molecule has 0 radical (unpaired) electrons. The molecule has 1 aromatic carbocycles. The summed E-state index contributed by atoms with van der Waals surface area (Å²) in [5.41, 5.74) is 0.693. The van der Waals surface area contributed by atoms with Crippen LogP contribution >= 0.6 is 11.6 Å². The van der Waals surface area contributed by atoms with Gasteiger partial charge in [-0.1, -0.05) is 0 Å². The molecule has 0 aliphatic carbocycles. The van der Waals surface area contributed by atoms with Crippen LogP contribution < -0.4 is 4.74 Å². The fourth-order valence-corrected chi connectivity index (χ4v) is 1.67. The van der Waals surface area contributed by atoms with E-state index >= 15 is 0 Å². The number of imidazole rings is 1. The highest BCUT2D eigenvalue weighted by atomic mass is 35.5. The molecular weight excluding hydrogens is 280 g/mol. The molecule has 0 amide bonds. The first-order valence-corrected chi connectivity index (χ1v) is 6.57. The first-order valence-electron chi connectivity index (χ1n) is 6.04. The maximum absolute atomic E-state index is 9.53. The normalized spacial score (nSPS) is 12.8. The SMILES string of the molecule is COc1ccc(N=Nc2nccn2CC(O)CCl)cc1. The number of aliphatic hydroxyl groups excluding tert-OH is 1. The summed E-state index contributed by atoms with van der Waals surface area (Å²) in [5, 5.41) is 17.7. The molecule has 1 N–H and O–H groups in total. The molecule has 6 nitrogen and oxygen atoms in total. The summed E-state index contributed by atoms with van der Waals surface area (Å²) in [5.74, 6) is 1.34. The Morgan fingerprint density at radius 1 is 1.35 bits per heavy atom. The Kier molecular flexibility index (Phi) is 5.09. The molecular formula is C13H15ClN4O2. The van der Waals surface area contributed by atoms with E-state index in [4.69, 9.17) is 16.3 Å². The van der Waals surface area contributed by atoms with Gasteiger partial charge in [0.15, 0.2) is 0 Å². The Morgan fingerprint density at radius 2 is 2.10 bits per heavy atom. The van der Waals surface area contributed by atoms with E-state index in [1.165, 1.54) is 0 Å². The lowest BCUT2D eigenvalue weighted by Gasteiger charge is -2.08. The van der Waals surface area contributed by atoms with Crippen LogP contribution in [0.15, 0.2) is 46.9 Å². The van der Waals surface area contributed by atoms with E-state index in [0.717, 1.165) is 5.75 Å². The standard InChI is InChI=1S/C13H15ClN4O2/c1-20-12-4-2-10(3-5-12)16-17-13-15-6-7-18(13)9-11(19)8-14/h2-7,11,19H,8-9H2,1H3. The largest absolute Gasteiger partial charge is 0.497 e. The lowest BCUT2D eigenvalue weighted by Crippen LogP contribution is -2.16. The number of nitrogens with zero attached hydrogens (tertiary/aromatic N) is 4. The van der Waals surface area contributed by atoms with Crippen LogP contribution in [0.5, 0.6) is 5.75 Å². The molecule has 0 aliphatic rings. The molecule has 0 spiro atoms. The number of alkyl halides is 1. The molecule has 2 rings (SSSR count). The first kappa shape index (κ1) is 14.5. The third-order valence-electron chi connectivity index (χ3n) is 2.61. The van der Waals surface area contributed by atoms with E-state index in [2.05, 4.69) is 15.2 Å². The van der Waals surface area contributed by atoms with Gasteiger partial charge in [0.2, 0.25) is 5.95 Å². The van der Waals surface area contributed by atoms with Crippen molar-refractivity contribution in [1.82, 2.24) is 9.55 Å². The summed E-state index contributed by atoms with van der Waals surface area (Å²) in [6.07, 6.45) is 2.68. The van der Waals surface area contributed by atoms with Crippen molar-refractivity contribution in [2.45, 2.75) is 12.6 Å². The van der Waals surface area contributed by atoms with E-state index < -0.39 is 6.10 Å². The van der Waals surface area contributed by atoms with Gasteiger partial charge in [-0.3, -0.25) is 0 Å². The maximum atomic E-state index is 9.53. The van der Waals surface area contributed by atoms with Crippen molar-refractivity contribution in [3.8, 4) is 5.75 Å². The van der Waals surface area contributed by atoms with E-state index in [-0.39, 0.29) is 5.88 Å². The van der Waals surface area contributed by atoms with Crippen LogP contribution in [0.3, 0.4) is 0 Å². The van der Waals surface area contributed by atoms with Crippen LogP contribution in [0.1, 0.15) is 0 Å². The first-order chi connectivity index (χ1) is 9.72. The monoisotopic (exact) mass is 294 g/mol. The maximum Gasteiger partial charge on any atom is 0.249 e. The second kappa shape index (κ2) is 7.02. The van der Waals surface area contributed by atoms with Gasteiger partial charge in [0.25, 0.3) is 0 Å². The van der Waals surface area contributed by atoms with Crippen LogP contribution in [0, 0.1) is 0 Å². The zero-order valence-corrected chi connectivity index (χ0v) is 11.7. The van der Waals surface area contributed by atoms with Crippen molar-refractivity contribution in [2.75, 3.05) is 13.0 Å². The Labute approximate surface area is 121 Å². The number of benzene rings is 1. The van der Waals surface area contributed by atoms with E-state index in [1.807, 2.05) is 0 Å². The van der Waals surface area contributed by atoms with Crippen LogP contribution in [-0.4, -0.2) is 33.8 Å². The fourth-order valence-electron chi connectivity index (χ4n) is 1.57. The third kappa shape index (κ3) is 3.79. The Morgan fingerprint density at radius 3 is 2.75 bits per heavy atom. The molecule has 1 atom stereocenters. The van der Waals surface area contributed by atoms with E-state index in [1.54, 1.807) is 48.3 Å². The quantitative estimate of drug-likeness (QED) is 0.657. The zero-order chi connectivity index (χ0) is 14.4. The minimum Gasteiger partial charge on any atom is -0.497 e. The van der Waals surface area contributed by atoms with Gasteiger partial charge in [0.05, 0.1) is 31.3 Å². The predicted molar refractivity (Wildman–Crippen MR) is 76.1 cm³/mol. The molecule has 0 fully saturated rings. The van der Waals surface area contributed by atoms with Gasteiger partial charge in [-0.25, -0.2) is 4.98 Å². The topological polar surface area (TPSA) is 72.0 Å². The van der Waals surface area contributed by atoms with Crippen molar-refractivity contribution < 1.29 is 9.84 Å². The summed E-state index contributed by atoms with van der Waals surface area (Å²) in [6.45, 7) is 0.334. The lowest BCUT2D eigenvalue weighted by molar-refractivity contribution is 0.177. The molecule has 20 heavy (non-hydrogen) atoms. The molecule has 0 saturated heterocycles. The van der Waals surface area contributed by atoms with Crippen molar-refractivity contribution in [3.63, 3.8) is 0 Å². The number of halogens is 1. The summed E-state index contributed by atoms with van der Waals surface area (Å²) >= 11 is 5.57. The van der Waals surface area contributed by atoms with Gasteiger partial charge in [0.1, 0.15) is 5.75 Å². The molecule has 2 aromatic rings. The van der Waals surface area contributed by atoms with Crippen molar-refractivity contribution >= 4 is 23.2 Å². The number of rotatable bonds is 6. The molecule has 0 aliphatic heterocycles. The molecule has 1 unspecified atom stereocenters. The number of ether oxygens (including phenoxy) is 1. The van der Waals surface area contributed by atoms with Crippen LogP contribution in [0.25, 0.3) is 0 Å². The summed E-state index contributed by atoms with van der Waals surface area (Å²) in [4.78, 5) is 4.08. The van der Waals surface area contributed by atoms with Crippen molar-refractivity contribution in [3.05, 3.63) is 36.7 Å². The second-order valence-corrected chi connectivity index (χ2v) is 4.39. The average Bonchev–Trinajstić information content (AvgIpc) is 2.92. The third-order valence-corrected chi connectivity index (χ3v) is 2.96. The molecule has 7 heteroatoms. The van der Waals surface area contributed by atoms with Gasteiger partial charge < -0.3 is 14.4 Å². The number of hydrogen-bond acceptors (Lipinski definition) is 5. The van der Waals surface area contributed by atoms with Gasteiger partial charge in [0, 0.05) is 12.4 Å². The highest BCUT2D eigenvalue weighted by Crippen LogP contribution is 2.20. The Balaban J connectivity index is 2.08. The minimum absolute atomic E-state index is 0.160. The number of aliphatic hydroxyl groups is 1. The van der Waals surface area contributed by atoms with Gasteiger partial charge in [-0.2, -0.15) is 0 Å². The molecule has 1 heterocycles. The second-order valence-electron chi connectivity index (χ2n) is 4.09. The summed E-state index contributed by atoms with van der Waals surface area (Å²) in [7, 11) is 1.61. The fraction of sp³-hybridized carbons (Fsp3) is 0.308. The molecule has 0 saturated carbocycles.